The van der Waals surface area contributed by atoms with Crippen molar-refractivity contribution in [2.45, 2.75) is 329 Å². The first-order valence-corrected chi connectivity index (χ1v) is 42.4. The summed E-state index contributed by atoms with van der Waals surface area (Å²) in [5.74, 6) is -2.28. The van der Waals surface area contributed by atoms with Crippen LogP contribution in [0.5, 0.6) is 0 Å². The van der Waals surface area contributed by atoms with Crippen molar-refractivity contribution >= 4 is 39.5 Å². The standard InChI is InChI=1S/C83H140O17P2/c1-5-9-13-17-21-25-29-33-36-38-41-45-48-52-56-60-64-68-81(86)94-74-79(100-83(88)70-66-62-58-54-50-46-42-39-37-34-30-26-22-18-14-10-6-2)76-98-102(91,92)96-72-77(84)71-95-101(89,90)97-75-78(99-82(87)69-65-61-57-53-49-43-32-28-24-20-16-12-8-4)73-93-80(85)67-63-59-55-51-47-44-40-35-31-27-23-19-15-11-7-3/h9-10,13-14,16,20-22,25-26,28,32-37,40-41,45,52,56,77-79,84H,5-8,11-12,15,17-19,23-24,27,29-31,38-39,42-44,46-51,53-55,57-76H2,1-4H3,(H,89,90)(H,91,92)/b13-9-,14-10-,20-16-,25-21-,26-22-,32-28-,36-33-,37-34-,40-35-,45-41-,56-52-. The van der Waals surface area contributed by atoms with Gasteiger partial charge in [0.15, 0.2) is 12.2 Å². The van der Waals surface area contributed by atoms with Crippen molar-refractivity contribution < 1.29 is 80.2 Å². The zero-order valence-corrected chi connectivity index (χ0v) is 65.5. The molecule has 0 aliphatic heterocycles. The lowest BCUT2D eigenvalue weighted by Crippen LogP contribution is -2.30. The maximum atomic E-state index is 13.1. The predicted molar refractivity (Wildman–Crippen MR) is 418 cm³/mol. The number of hydrogen-bond donors (Lipinski definition) is 3. The van der Waals surface area contributed by atoms with Gasteiger partial charge in [-0.15, -0.1) is 0 Å². The number of esters is 4. The molecule has 0 spiro atoms. The maximum Gasteiger partial charge on any atom is 0.472 e. The summed E-state index contributed by atoms with van der Waals surface area (Å²) in [5.41, 5.74) is 0. The second kappa shape index (κ2) is 74.5. The van der Waals surface area contributed by atoms with Gasteiger partial charge in [-0.05, 0) is 148 Å². The smallest absolute Gasteiger partial charge is 0.462 e. The van der Waals surface area contributed by atoms with Crippen LogP contribution in [0.3, 0.4) is 0 Å². The predicted octanol–water partition coefficient (Wildman–Crippen LogP) is 22.9. The van der Waals surface area contributed by atoms with Crippen LogP contribution >= 0.6 is 15.6 Å². The van der Waals surface area contributed by atoms with E-state index in [2.05, 4.69) is 149 Å². The van der Waals surface area contributed by atoms with Crippen molar-refractivity contribution in [1.29, 1.82) is 0 Å². The van der Waals surface area contributed by atoms with Crippen LogP contribution < -0.4 is 0 Å². The number of phosphoric ester groups is 2. The van der Waals surface area contributed by atoms with E-state index in [0.717, 1.165) is 186 Å². The molecule has 0 amide bonds. The summed E-state index contributed by atoms with van der Waals surface area (Å²) in [4.78, 5) is 73.0. The molecule has 17 nitrogen and oxygen atoms in total. The Kier molecular flexibility index (Phi) is 71.0. The van der Waals surface area contributed by atoms with Gasteiger partial charge in [0.1, 0.15) is 19.3 Å². The number of unbranched alkanes of at least 4 members (excludes halogenated alkanes) is 25. The molecule has 0 saturated heterocycles. The van der Waals surface area contributed by atoms with Gasteiger partial charge in [-0.25, -0.2) is 9.13 Å². The summed E-state index contributed by atoms with van der Waals surface area (Å²) in [6.45, 7) is 4.49. The quantitative estimate of drug-likeness (QED) is 0.0169. The normalized spacial score (nSPS) is 14.6. The highest BCUT2D eigenvalue weighted by molar-refractivity contribution is 7.47. The first kappa shape index (κ1) is 97.2. The van der Waals surface area contributed by atoms with E-state index in [1.54, 1.807) is 0 Å². The van der Waals surface area contributed by atoms with Gasteiger partial charge >= 0.3 is 39.5 Å². The van der Waals surface area contributed by atoms with E-state index >= 15 is 0 Å². The summed E-state index contributed by atoms with van der Waals surface area (Å²) in [6.07, 6.45) is 83.0. The highest BCUT2D eigenvalue weighted by atomic mass is 31.2. The highest BCUT2D eigenvalue weighted by Gasteiger charge is 2.30. The van der Waals surface area contributed by atoms with Crippen LogP contribution in [0.2, 0.25) is 0 Å². The fourth-order valence-corrected chi connectivity index (χ4v) is 11.7. The number of aliphatic hydroxyl groups excluding tert-OH is 1. The van der Waals surface area contributed by atoms with Crippen LogP contribution in [0.25, 0.3) is 0 Å². The van der Waals surface area contributed by atoms with Gasteiger partial charge in [0.25, 0.3) is 0 Å². The molecule has 102 heavy (non-hydrogen) atoms. The fraction of sp³-hybridized carbons (Fsp3) is 0.687. The lowest BCUT2D eigenvalue weighted by molar-refractivity contribution is -0.161. The average Bonchev–Trinajstić information content (AvgIpc) is 0.959. The van der Waals surface area contributed by atoms with Crippen LogP contribution in [0.15, 0.2) is 134 Å². The Labute approximate surface area is 618 Å². The third-order valence-electron chi connectivity index (χ3n) is 16.1. The van der Waals surface area contributed by atoms with E-state index in [0.29, 0.717) is 32.1 Å². The summed E-state index contributed by atoms with van der Waals surface area (Å²) in [6, 6.07) is 0. The molecule has 5 unspecified atom stereocenters. The first-order valence-electron chi connectivity index (χ1n) is 39.4. The van der Waals surface area contributed by atoms with Crippen molar-refractivity contribution in [3.63, 3.8) is 0 Å². The molecule has 5 atom stereocenters. The molecular formula is C83H140O17P2. The number of phosphoric acid groups is 2. The van der Waals surface area contributed by atoms with Gasteiger partial charge in [-0.3, -0.25) is 37.3 Å². The molecule has 19 heteroatoms. The molecule has 0 fully saturated rings. The van der Waals surface area contributed by atoms with Crippen LogP contribution in [-0.2, 0) is 65.4 Å². The molecule has 0 saturated carbocycles. The largest absolute Gasteiger partial charge is 0.472 e. The summed E-state index contributed by atoms with van der Waals surface area (Å²) < 4.78 is 68.5. The van der Waals surface area contributed by atoms with Crippen molar-refractivity contribution in [3.8, 4) is 0 Å². The number of carbonyl (C=O) groups excluding carboxylic acids is 4. The van der Waals surface area contributed by atoms with Crippen LogP contribution in [0.4, 0.5) is 0 Å². The van der Waals surface area contributed by atoms with Crippen molar-refractivity contribution in [1.82, 2.24) is 0 Å². The third kappa shape index (κ3) is 73.5. The molecule has 0 aromatic carbocycles. The summed E-state index contributed by atoms with van der Waals surface area (Å²) >= 11 is 0. The Balaban J connectivity index is 5.43. The number of hydrogen-bond acceptors (Lipinski definition) is 15. The Hall–Kier alpha value is -4.80. The molecule has 0 radical (unpaired) electrons. The van der Waals surface area contributed by atoms with Crippen molar-refractivity contribution in [3.05, 3.63) is 134 Å². The summed E-state index contributed by atoms with van der Waals surface area (Å²) in [7, 11) is -9.98. The Morgan fingerprint density at radius 3 is 0.873 bits per heavy atom. The van der Waals surface area contributed by atoms with Gasteiger partial charge < -0.3 is 33.8 Å². The molecule has 0 aliphatic carbocycles. The third-order valence-corrected chi connectivity index (χ3v) is 18.0. The fourth-order valence-electron chi connectivity index (χ4n) is 10.1. The molecule has 3 N–H and O–H groups in total. The minimum absolute atomic E-state index is 0.0677. The zero-order chi connectivity index (χ0) is 74.6. The average molecular weight is 1470 g/mol. The van der Waals surface area contributed by atoms with Gasteiger partial charge in [0.05, 0.1) is 26.4 Å². The molecule has 0 aromatic rings. The van der Waals surface area contributed by atoms with Gasteiger partial charge in [0.2, 0.25) is 0 Å². The Morgan fingerprint density at radius 2 is 0.539 bits per heavy atom. The highest BCUT2D eigenvalue weighted by Crippen LogP contribution is 2.45. The number of ether oxygens (including phenoxy) is 4. The Bertz CT molecular complexity index is 2460. The number of rotatable bonds is 73. The number of allylic oxidation sites excluding steroid dienone is 22. The number of aliphatic hydroxyl groups is 1. The van der Waals surface area contributed by atoms with Crippen molar-refractivity contribution in [2.75, 3.05) is 39.6 Å². The molecule has 0 aliphatic rings. The SMILES string of the molecule is CC/C=C\C/C=C\C/C=C\C/C=C\C/C=C\CCCC(=O)OCC(COP(=O)(O)OCC(O)COP(=O)(O)OCC(COC(=O)CCCCCCC/C=C\CCCCCCCC)OC(=O)CCCCCCC/C=C\C/C=C\CCC)OC(=O)CCCCCCCCC/C=C\C/C=C\C/C=C\CC. The van der Waals surface area contributed by atoms with E-state index < -0.39 is 97.5 Å². The molecule has 0 aromatic heterocycles. The van der Waals surface area contributed by atoms with E-state index in [9.17, 15) is 43.2 Å². The van der Waals surface area contributed by atoms with Crippen LogP contribution in [0.1, 0.15) is 310 Å². The van der Waals surface area contributed by atoms with E-state index in [4.69, 9.17) is 37.0 Å². The van der Waals surface area contributed by atoms with Crippen LogP contribution in [-0.4, -0.2) is 96.7 Å². The van der Waals surface area contributed by atoms with Gasteiger partial charge in [-0.2, -0.15) is 0 Å². The lowest BCUT2D eigenvalue weighted by Gasteiger charge is -2.21. The van der Waals surface area contributed by atoms with Gasteiger partial charge in [0, 0.05) is 25.7 Å². The monoisotopic (exact) mass is 1470 g/mol. The summed E-state index contributed by atoms with van der Waals surface area (Å²) in [5, 5.41) is 10.6. The molecule has 0 rings (SSSR count). The second-order valence-corrected chi connectivity index (χ2v) is 28.8. The maximum absolute atomic E-state index is 13.1. The zero-order valence-electron chi connectivity index (χ0n) is 63.7. The lowest BCUT2D eigenvalue weighted by atomic mass is 10.1. The topological polar surface area (TPSA) is 237 Å². The number of carbonyl (C=O) groups is 4. The molecular weight excluding hydrogens is 1330 g/mol. The second-order valence-electron chi connectivity index (χ2n) is 25.9. The van der Waals surface area contributed by atoms with E-state index in [-0.39, 0.29) is 25.7 Å². The molecule has 0 heterocycles. The Morgan fingerprint density at radius 1 is 0.284 bits per heavy atom. The van der Waals surface area contributed by atoms with E-state index in [1.165, 1.54) is 38.5 Å². The minimum atomic E-state index is -5.00. The molecule has 0 bridgehead atoms. The molecule has 584 valence electrons. The van der Waals surface area contributed by atoms with Crippen LogP contribution in [0, 0.1) is 0 Å². The van der Waals surface area contributed by atoms with Gasteiger partial charge in [-0.1, -0.05) is 271 Å². The van der Waals surface area contributed by atoms with E-state index in [1.807, 2.05) is 12.2 Å². The first-order chi connectivity index (χ1) is 49.7. The van der Waals surface area contributed by atoms with Crippen molar-refractivity contribution in [2.24, 2.45) is 0 Å². The minimum Gasteiger partial charge on any atom is -0.462 e.